The van der Waals surface area contributed by atoms with Gasteiger partial charge in [-0.05, 0) is 31.0 Å². The number of rotatable bonds is 2. The minimum atomic E-state index is -0.521. The number of aliphatic hydroxyl groups excluding tert-OH is 1. The lowest BCUT2D eigenvalue weighted by Gasteiger charge is -2.25. The molecule has 5 heteroatoms. The molecule has 0 bridgehead atoms. The molecule has 1 amide bonds. The van der Waals surface area contributed by atoms with Crippen LogP contribution in [-0.4, -0.2) is 41.2 Å². The molecule has 0 aromatic carbocycles. The monoisotopic (exact) mass is 249 g/mol. The fourth-order valence-corrected chi connectivity index (χ4v) is 2.15. The molecule has 18 heavy (non-hydrogen) atoms. The maximum Gasteiger partial charge on any atom is 0.270 e. The summed E-state index contributed by atoms with van der Waals surface area (Å²) in [5.74, 6) is -0.0652. The first-order chi connectivity index (χ1) is 8.68. The van der Waals surface area contributed by atoms with E-state index in [1.807, 2.05) is 6.92 Å². The minimum absolute atomic E-state index is 0.175. The summed E-state index contributed by atoms with van der Waals surface area (Å²) in [6.45, 7) is 3.45. The highest BCUT2D eigenvalue weighted by Gasteiger charge is 2.28. The van der Waals surface area contributed by atoms with Crippen molar-refractivity contribution in [3.63, 3.8) is 0 Å². The van der Waals surface area contributed by atoms with E-state index < -0.39 is 6.10 Å². The van der Waals surface area contributed by atoms with E-state index in [0.29, 0.717) is 12.2 Å². The molecule has 1 aromatic heterocycles. The molecular weight excluding hydrogens is 230 g/mol. The first-order valence-corrected chi connectivity index (χ1v) is 6.29. The van der Waals surface area contributed by atoms with Gasteiger partial charge in [0.15, 0.2) is 0 Å². The van der Waals surface area contributed by atoms with Crippen molar-refractivity contribution in [2.24, 2.45) is 5.92 Å². The number of carbonyl (C=O) groups is 1. The molecule has 3 N–H and O–H groups in total. The predicted octanol–water partition coefficient (Wildman–Crippen LogP) is 0.170. The Labute approximate surface area is 107 Å². The van der Waals surface area contributed by atoms with E-state index in [9.17, 15) is 9.90 Å². The van der Waals surface area contributed by atoms with E-state index in [1.165, 1.54) is 0 Å². The van der Waals surface area contributed by atoms with Gasteiger partial charge in [-0.15, -0.1) is 0 Å². The van der Waals surface area contributed by atoms with Crippen LogP contribution in [0.4, 0.5) is 0 Å². The fraction of sp³-hybridized carbons (Fsp3) is 0.538. The summed E-state index contributed by atoms with van der Waals surface area (Å²) in [5, 5.41) is 16.2. The standard InChI is InChI=1S/C13H19N3O2/c1-9-5-7-14-8-11(12(9)17)16-13(18)10-4-2-3-6-15-10/h2-4,6,9,11-12,14,17H,5,7-8H2,1H3,(H,16,18). The molecule has 0 spiro atoms. The second kappa shape index (κ2) is 5.93. The molecule has 1 fully saturated rings. The Morgan fingerprint density at radius 1 is 1.56 bits per heavy atom. The van der Waals surface area contributed by atoms with E-state index in [4.69, 9.17) is 0 Å². The molecule has 1 saturated heterocycles. The van der Waals surface area contributed by atoms with Gasteiger partial charge in [-0.3, -0.25) is 9.78 Å². The maximum atomic E-state index is 12.0. The third-order valence-electron chi connectivity index (χ3n) is 3.35. The SMILES string of the molecule is CC1CCNCC(NC(=O)c2ccccn2)C1O. The van der Waals surface area contributed by atoms with Gasteiger partial charge in [-0.25, -0.2) is 0 Å². The van der Waals surface area contributed by atoms with E-state index in [2.05, 4.69) is 15.6 Å². The summed E-state index contributed by atoms with van der Waals surface area (Å²) in [7, 11) is 0. The van der Waals surface area contributed by atoms with Crippen molar-refractivity contribution in [3.05, 3.63) is 30.1 Å². The fourth-order valence-electron chi connectivity index (χ4n) is 2.15. The Hall–Kier alpha value is -1.46. The van der Waals surface area contributed by atoms with Crippen LogP contribution in [0.3, 0.4) is 0 Å². The summed E-state index contributed by atoms with van der Waals surface area (Å²) >= 11 is 0. The van der Waals surface area contributed by atoms with E-state index in [-0.39, 0.29) is 17.9 Å². The molecule has 0 aliphatic carbocycles. The van der Waals surface area contributed by atoms with Crippen molar-refractivity contribution in [3.8, 4) is 0 Å². The zero-order valence-corrected chi connectivity index (χ0v) is 10.5. The molecule has 2 heterocycles. The van der Waals surface area contributed by atoms with Crippen LogP contribution in [0.25, 0.3) is 0 Å². The lowest BCUT2D eigenvalue weighted by molar-refractivity contribution is 0.0689. The van der Waals surface area contributed by atoms with Crippen molar-refractivity contribution < 1.29 is 9.90 Å². The summed E-state index contributed by atoms with van der Waals surface area (Å²) in [6.07, 6.45) is 1.98. The quantitative estimate of drug-likeness (QED) is 0.698. The van der Waals surface area contributed by atoms with Gasteiger partial charge < -0.3 is 15.7 Å². The van der Waals surface area contributed by atoms with Crippen molar-refractivity contribution in [1.82, 2.24) is 15.6 Å². The third kappa shape index (κ3) is 3.05. The van der Waals surface area contributed by atoms with Gasteiger partial charge in [0.1, 0.15) is 5.69 Å². The third-order valence-corrected chi connectivity index (χ3v) is 3.35. The Bertz CT molecular complexity index is 396. The van der Waals surface area contributed by atoms with Crippen LogP contribution in [0.15, 0.2) is 24.4 Å². The second-order valence-electron chi connectivity index (χ2n) is 4.76. The molecule has 3 unspecified atom stereocenters. The highest BCUT2D eigenvalue weighted by atomic mass is 16.3. The number of pyridine rings is 1. The highest BCUT2D eigenvalue weighted by Crippen LogP contribution is 2.14. The first-order valence-electron chi connectivity index (χ1n) is 6.29. The lowest BCUT2D eigenvalue weighted by atomic mass is 9.96. The molecule has 1 aliphatic rings. The van der Waals surface area contributed by atoms with Gasteiger partial charge in [0.05, 0.1) is 12.1 Å². The zero-order chi connectivity index (χ0) is 13.0. The van der Waals surface area contributed by atoms with Gasteiger partial charge in [0.2, 0.25) is 0 Å². The van der Waals surface area contributed by atoms with E-state index in [1.54, 1.807) is 24.4 Å². The Balaban J connectivity index is 2.01. The Morgan fingerprint density at radius 2 is 2.39 bits per heavy atom. The largest absolute Gasteiger partial charge is 0.391 e. The minimum Gasteiger partial charge on any atom is -0.391 e. The van der Waals surface area contributed by atoms with Crippen LogP contribution in [0, 0.1) is 5.92 Å². The smallest absolute Gasteiger partial charge is 0.270 e. The van der Waals surface area contributed by atoms with Crippen LogP contribution in [-0.2, 0) is 0 Å². The number of nitrogens with one attached hydrogen (secondary N) is 2. The van der Waals surface area contributed by atoms with Crippen LogP contribution in [0.1, 0.15) is 23.8 Å². The zero-order valence-electron chi connectivity index (χ0n) is 10.5. The molecule has 2 rings (SSSR count). The summed E-state index contributed by atoms with van der Waals surface area (Å²) < 4.78 is 0. The second-order valence-corrected chi connectivity index (χ2v) is 4.76. The number of hydrogen-bond acceptors (Lipinski definition) is 4. The average molecular weight is 249 g/mol. The highest BCUT2D eigenvalue weighted by molar-refractivity contribution is 5.92. The number of carbonyl (C=O) groups excluding carboxylic acids is 1. The van der Waals surface area contributed by atoms with Crippen molar-refractivity contribution in [2.75, 3.05) is 13.1 Å². The number of aromatic nitrogens is 1. The Kier molecular flexibility index (Phi) is 4.28. The van der Waals surface area contributed by atoms with E-state index >= 15 is 0 Å². The summed E-state index contributed by atoms with van der Waals surface area (Å²) in [4.78, 5) is 16.0. The van der Waals surface area contributed by atoms with Crippen molar-refractivity contribution >= 4 is 5.91 Å². The number of amides is 1. The first kappa shape index (κ1) is 13.0. The number of aliphatic hydroxyl groups is 1. The molecule has 3 atom stereocenters. The van der Waals surface area contributed by atoms with Crippen LogP contribution >= 0.6 is 0 Å². The maximum absolute atomic E-state index is 12.0. The van der Waals surface area contributed by atoms with Crippen LogP contribution < -0.4 is 10.6 Å². The Morgan fingerprint density at radius 3 is 3.11 bits per heavy atom. The molecular formula is C13H19N3O2. The summed E-state index contributed by atoms with van der Waals surface area (Å²) in [5.41, 5.74) is 0.376. The van der Waals surface area contributed by atoms with Crippen LogP contribution in [0.5, 0.6) is 0 Å². The van der Waals surface area contributed by atoms with Crippen LogP contribution in [0.2, 0.25) is 0 Å². The van der Waals surface area contributed by atoms with Gasteiger partial charge in [-0.1, -0.05) is 13.0 Å². The van der Waals surface area contributed by atoms with Gasteiger partial charge in [0.25, 0.3) is 5.91 Å². The van der Waals surface area contributed by atoms with E-state index in [0.717, 1.165) is 13.0 Å². The van der Waals surface area contributed by atoms with Gasteiger partial charge in [-0.2, -0.15) is 0 Å². The molecule has 0 saturated carbocycles. The van der Waals surface area contributed by atoms with Gasteiger partial charge in [0, 0.05) is 12.7 Å². The lowest BCUT2D eigenvalue weighted by Crippen LogP contribution is -2.49. The molecule has 98 valence electrons. The number of hydrogen-bond donors (Lipinski definition) is 3. The topological polar surface area (TPSA) is 74.2 Å². The normalized spacial score (nSPS) is 28.4. The van der Waals surface area contributed by atoms with Gasteiger partial charge >= 0.3 is 0 Å². The molecule has 1 aliphatic heterocycles. The average Bonchev–Trinajstić information content (AvgIpc) is 2.55. The van der Waals surface area contributed by atoms with Crippen molar-refractivity contribution in [1.29, 1.82) is 0 Å². The molecule has 0 radical (unpaired) electrons. The molecule has 5 nitrogen and oxygen atoms in total. The predicted molar refractivity (Wildman–Crippen MR) is 68.1 cm³/mol. The van der Waals surface area contributed by atoms with Crippen molar-refractivity contribution in [2.45, 2.75) is 25.5 Å². The molecule has 1 aromatic rings. The number of nitrogens with zero attached hydrogens (tertiary/aromatic N) is 1. The summed E-state index contributed by atoms with van der Waals surface area (Å²) in [6, 6.07) is 4.93.